The highest BCUT2D eigenvalue weighted by Gasteiger charge is 2.25. The Morgan fingerprint density at radius 1 is 1.08 bits per heavy atom. The van der Waals surface area contributed by atoms with Gasteiger partial charge in [-0.3, -0.25) is 9.52 Å². The monoisotopic (exact) mass is 363 g/mol. The van der Waals surface area contributed by atoms with Crippen molar-refractivity contribution in [3.63, 3.8) is 0 Å². The molecular weight excluding hydrogens is 338 g/mol. The molecular formula is C18H25N3O3S. The number of aryl methyl sites for hydroxylation is 2. The first-order valence-corrected chi connectivity index (χ1v) is 10.3. The molecule has 1 aromatic carbocycles. The van der Waals surface area contributed by atoms with Crippen LogP contribution in [0.3, 0.4) is 0 Å². The van der Waals surface area contributed by atoms with Crippen LogP contribution in [-0.4, -0.2) is 28.4 Å². The van der Waals surface area contributed by atoms with Crippen LogP contribution in [0.25, 0.3) is 0 Å². The van der Waals surface area contributed by atoms with Gasteiger partial charge < -0.3 is 10.6 Å². The minimum absolute atomic E-state index is 0.115. The minimum atomic E-state index is -1.57. The number of hydrogen-bond acceptors (Lipinski definition) is 3. The molecule has 3 rings (SSSR count). The molecule has 0 fully saturated rings. The van der Waals surface area contributed by atoms with Gasteiger partial charge in [-0.15, -0.1) is 0 Å². The fraction of sp³-hybridized carbons (Fsp3) is 0.556. The van der Waals surface area contributed by atoms with Crippen LogP contribution in [0.2, 0.25) is 0 Å². The van der Waals surface area contributed by atoms with Gasteiger partial charge in [-0.05, 0) is 67.7 Å². The fourth-order valence-electron chi connectivity index (χ4n) is 3.73. The number of carbonyl (C=O) groups excluding carboxylic acids is 2. The maximum absolute atomic E-state index is 12.3. The van der Waals surface area contributed by atoms with Crippen molar-refractivity contribution in [3.05, 3.63) is 28.3 Å². The Labute approximate surface area is 150 Å². The van der Waals surface area contributed by atoms with Crippen molar-refractivity contribution in [1.82, 2.24) is 10.0 Å². The normalized spacial score (nSPS) is 16.0. The van der Waals surface area contributed by atoms with Gasteiger partial charge in [-0.1, -0.05) is 6.07 Å². The topological polar surface area (TPSA) is 87.3 Å². The van der Waals surface area contributed by atoms with Gasteiger partial charge in [-0.25, -0.2) is 9.00 Å². The molecule has 0 heterocycles. The lowest BCUT2D eigenvalue weighted by molar-refractivity contribution is -0.120. The molecule has 2 aliphatic carbocycles. The van der Waals surface area contributed by atoms with E-state index in [2.05, 4.69) is 21.4 Å². The maximum Gasteiger partial charge on any atom is 0.331 e. The Morgan fingerprint density at radius 3 is 2.32 bits per heavy atom. The maximum atomic E-state index is 12.3. The zero-order valence-electron chi connectivity index (χ0n) is 14.6. The van der Waals surface area contributed by atoms with Crippen molar-refractivity contribution in [2.24, 2.45) is 0 Å². The van der Waals surface area contributed by atoms with Crippen molar-refractivity contribution in [3.8, 4) is 0 Å². The Hall–Kier alpha value is -1.89. The largest absolute Gasteiger partial charge is 0.356 e. The van der Waals surface area contributed by atoms with Crippen LogP contribution >= 0.6 is 0 Å². The molecule has 3 N–H and O–H groups in total. The summed E-state index contributed by atoms with van der Waals surface area (Å²) in [6, 6.07) is 1.85. The summed E-state index contributed by atoms with van der Waals surface area (Å²) in [7, 11) is -1.57. The first kappa shape index (κ1) is 17.9. The number of anilines is 1. The lowest BCUT2D eigenvalue weighted by Crippen LogP contribution is -2.34. The Balaban J connectivity index is 1.62. The Kier molecular flexibility index (Phi) is 5.73. The van der Waals surface area contributed by atoms with Crippen LogP contribution < -0.4 is 15.4 Å². The number of amides is 3. The second kappa shape index (κ2) is 7.99. The lowest BCUT2D eigenvalue weighted by atomic mass is 9.99. The molecule has 1 aromatic rings. The fourth-order valence-corrected chi connectivity index (χ4v) is 4.46. The summed E-state index contributed by atoms with van der Waals surface area (Å²) in [5, 5.41) is 5.59. The van der Waals surface area contributed by atoms with Crippen molar-refractivity contribution < 1.29 is 13.8 Å². The zero-order valence-corrected chi connectivity index (χ0v) is 15.4. The van der Waals surface area contributed by atoms with Gasteiger partial charge in [-0.2, -0.15) is 0 Å². The molecule has 0 aromatic heterocycles. The Bertz CT molecular complexity index is 686. The molecule has 0 saturated heterocycles. The molecule has 136 valence electrons. The van der Waals surface area contributed by atoms with Crippen molar-refractivity contribution in [2.75, 3.05) is 17.6 Å². The van der Waals surface area contributed by atoms with Gasteiger partial charge >= 0.3 is 6.03 Å². The highest BCUT2D eigenvalue weighted by atomic mass is 32.2. The first-order chi connectivity index (χ1) is 12.1. The number of benzene rings is 1. The Morgan fingerprint density at radius 2 is 1.72 bits per heavy atom. The molecule has 6 nitrogen and oxygen atoms in total. The van der Waals surface area contributed by atoms with Gasteiger partial charge in [0.2, 0.25) is 5.91 Å². The van der Waals surface area contributed by atoms with Gasteiger partial charge in [0.25, 0.3) is 0 Å². The molecule has 0 spiro atoms. The smallest absolute Gasteiger partial charge is 0.331 e. The second-order valence-corrected chi connectivity index (χ2v) is 7.85. The highest BCUT2D eigenvalue weighted by Crippen LogP contribution is 2.38. The van der Waals surface area contributed by atoms with E-state index in [4.69, 9.17) is 0 Å². The third kappa shape index (κ3) is 4.21. The third-order valence-electron chi connectivity index (χ3n) is 4.81. The van der Waals surface area contributed by atoms with Crippen molar-refractivity contribution in [1.29, 1.82) is 0 Å². The van der Waals surface area contributed by atoms with Crippen LogP contribution in [-0.2, 0) is 41.5 Å². The van der Waals surface area contributed by atoms with Crippen molar-refractivity contribution >= 4 is 28.6 Å². The summed E-state index contributed by atoms with van der Waals surface area (Å²) in [6.45, 7) is 2.38. The SMILES string of the molecule is CCNC(=O)CCS(=O)NC(=O)Nc1c2c(cc3c1CCC3)CCC2. The number of hydrogen-bond donors (Lipinski definition) is 3. The molecule has 25 heavy (non-hydrogen) atoms. The summed E-state index contributed by atoms with van der Waals surface area (Å²) in [6.07, 6.45) is 6.47. The summed E-state index contributed by atoms with van der Waals surface area (Å²) < 4.78 is 14.4. The quantitative estimate of drug-likeness (QED) is 0.722. The number of nitrogens with one attached hydrogen (secondary N) is 3. The molecule has 1 unspecified atom stereocenters. The van der Waals surface area contributed by atoms with E-state index >= 15 is 0 Å². The summed E-state index contributed by atoms with van der Waals surface area (Å²) in [5.74, 6) is -0.0404. The molecule has 0 aliphatic heterocycles. The number of urea groups is 1. The van der Waals surface area contributed by atoms with E-state index in [-0.39, 0.29) is 18.1 Å². The predicted octanol–water partition coefficient (Wildman–Crippen LogP) is 1.98. The summed E-state index contributed by atoms with van der Waals surface area (Å²) in [4.78, 5) is 23.7. The van der Waals surface area contributed by atoms with Crippen molar-refractivity contribution in [2.45, 2.75) is 51.9 Å². The number of rotatable bonds is 6. The first-order valence-electron chi connectivity index (χ1n) is 8.97. The van der Waals surface area contributed by atoms with E-state index in [1.54, 1.807) is 0 Å². The molecule has 0 radical (unpaired) electrons. The van der Waals surface area contributed by atoms with Crippen LogP contribution in [0.1, 0.15) is 48.4 Å². The molecule has 0 saturated carbocycles. The van der Waals surface area contributed by atoms with Crippen LogP contribution in [0.5, 0.6) is 0 Å². The minimum Gasteiger partial charge on any atom is -0.356 e. The van der Waals surface area contributed by atoms with E-state index in [1.165, 1.54) is 22.3 Å². The summed E-state index contributed by atoms with van der Waals surface area (Å²) in [5.41, 5.74) is 6.09. The average Bonchev–Trinajstić information content (AvgIpc) is 3.21. The number of carbonyl (C=O) groups is 2. The van der Waals surface area contributed by atoms with E-state index in [1.807, 2.05) is 6.92 Å². The molecule has 2 aliphatic rings. The molecule has 1 atom stereocenters. The van der Waals surface area contributed by atoms with Crippen LogP contribution in [0, 0.1) is 0 Å². The van der Waals surface area contributed by atoms with E-state index in [0.29, 0.717) is 6.54 Å². The summed E-state index contributed by atoms with van der Waals surface area (Å²) >= 11 is 0. The van der Waals surface area contributed by atoms with Gasteiger partial charge in [0.1, 0.15) is 11.0 Å². The molecule has 7 heteroatoms. The van der Waals surface area contributed by atoms with Crippen LogP contribution in [0.4, 0.5) is 10.5 Å². The number of fused-ring (bicyclic) bond motifs is 2. The van der Waals surface area contributed by atoms with E-state index in [9.17, 15) is 13.8 Å². The molecule has 0 bridgehead atoms. The highest BCUT2D eigenvalue weighted by molar-refractivity contribution is 7.83. The zero-order chi connectivity index (χ0) is 17.8. The second-order valence-electron chi connectivity index (χ2n) is 6.54. The van der Waals surface area contributed by atoms with Gasteiger partial charge in [0, 0.05) is 18.7 Å². The van der Waals surface area contributed by atoms with Gasteiger partial charge in [0.15, 0.2) is 0 Å². The van der Waals surface area contributed by atoms with E-state index < -0.39 is 17.0 Å². The third-order valence-corrected chi connectivity index (χ3v) is 5.79. The lowest BCUT2D eigenvalue weighted by Gasteiger charge is -2.16. The molecule has 3 amide bonds. The van der Waals surface area contributed by atoms with Crippen LogP contribution in [0.15, 0.2) is 6.07 Å². The predicted molar refractivity (Wildman–Crippen MR) is 99.0 cm³/mol. The standard InChI is InChI=1S/C18H25N3O3S/c1-2-19-16(22)9-10-25(24)21-18(23)20-17-14-7-3-5-12(14)11-13-6-4-8-15(13)17/h11H,2-10H2,1H3,(H,19,22)(H2,20,21,23). The van der Waals surface area contributed by atoms with Gasteiger partial charge in [0.05, 0.1) is 5.75 Å². The average molecular weight is 363 g/mol. The van der Waals surface area contributed by atoms with E-state index in [0.717, 1.165) is 44.2 Å².